The van der Waals surface area contributed by atoms with E-state index in [9.17, 15) is 0 Å². The van der Waals surface area contributed by atoms with Crippen molar-refractivity contribution in [3.05, 3.63) is 106 Å². The fourth-order valence-corrected chi connectivity index (χ4v) is 7.07. The Morgan fingerprint density at radius 2 is 1.76 bits per heavy atom. The molecule has 0 saturated carbocycles. The molecule has 0 spiro atoms. The fraction of sp³-hybridized carbons (Fsp3) is 0.438. The quantitative estimate of drug-likeness (QED) is 0.365. The Labute approximate surface area is 204 Å². The lowest BCUT2D eigenvalue weighted by atomic mass is 9.59. The molecule has 6 rings (SSSR count). The SMILES string of the molecule is CC1(C)C=CC(C2CC3=C(CC(C4=CCCC=C4)C4=C3CC(Cl)C=C4)C3=CC=CCC32)=CC1. The zero-order chi connectivity index (χ0) is 22.6. The van der Waals surface area contributed by atoms with Crippen molar-refractivity contribution in [1.82, 2.24) is 0 Å². The molecule has 0 fully saturated rings. The van der Waals surface area contributed by atoms with Gasteiger partial charge in [0.2, 0.25) is 0 Å². The Bertz CT molecular complexity index is 1140. The van der Waals surface area contributed by atoms with Gasteiger partial charge in [0.25, 0.3) is 0 Å². The van der Waals surface area contributed by atoms with Crippen LogP contribution in [0.4, 0.5) is 0 Å². The monoisotopic (exact) mass is 454 g/mol. The number of alkyl halides is 1. The molecular formula is C32H35Cl. The van der Waals surface area contributed by atoms with Gasteiger partial charge in [0.1, 0.15) is 0 Å². The van der Waals surface area contributed by atoms with Crippen LogP contribution in [-0.2, 0) is 0 Å². The van der Waals surface area contributed by atoms with E-state index in [0.29, 0.717) is 17.8 Å². The topological polar surface area (TPSA) is 0 Å². The van der Waals surface area contributed by atoms with E-state index in [4.69, 9.17) is 11.6 Å². The Balaban J connectivity index is 1.45. The molecule has 0 nitrogen and oxygen atoms in total. The van der Waals surface area contributed by atoms with Gasteiger partial charge in [-0.1, -0.05) is 80.7 Å². The first-order valence-corrected chi connectivity index (χ1v) is 13.3. The Hall–Kier alpha value is -2.05. The lowest BCUT2D eigenvalue weighted by Gasteiger charge is -2.45. The van der Waals surface area contributed by atoms with Gasteiger partial charge in [0, 0.05) is 5.92 Å². The van der Waals surface area contributed by atoms with Crippen LogP contribution in [-0.4, -0.2) is 5.38 Å². The lowest BCUT2D eigenvalue weighted by molar-refractivity contribution is 0.399. The summed E-state index contributed by atoms with van der Waals surface area (Å²) in [6.45, 7) is 4.68. The number of allylic oxidation sites excluding steroid dienone is 18. The van der Waals surface area contributed by atoms with E-state index in [1.165, 1.54) is 31.3 Å². The van der Waals surface area contributed by atoms with E-state index in [0.717, 1.165) is 19.3 Å². The molecule has 0 radical (unpaired) electrons. The van der Waals surface area contributed by atoms with Crippen LogP contribution in [0.3, 0.4) is 0 Å². The number of rotatable bonds is 2. The Morgan fingerprint density at radius 1 is 0.848 bits per heavy atom. The van der Waals surface area contributed by atoms with Crippen LogP contribution in [0.25, 0.3) is 0 Å². The zero-order valence-electron chi connectivity index (χ0n) is 20.0. The highest BCUT2D eigenvalue weighted by Gasteiger charge is 2.41. The van der Waals surface area contributed by atoms with Gasteiger partial charge in [0.05, 0.1) is 5.38 Å². The van der Waals surface area contributed by atoms with Gasteiger partial charge >= 0.3 is 0 Å². The maximum atomic E-state index is 6.73. The summed E-state index contributed by atoms with van der Waals surface area (Å²) >= 11 is 6.73. The van der Waals surface area contributed by atoms with Crippen molar-refractivity contribution in [3.8, 4) is 0 Å². The first-order chi connectivity index (χ1) is 16.0. The van der Waals surface area contributed by atoms with E-state index in [2.05, 4.69) is 80.7 Å². The summed E-state index contributed by atoms with van der Waals surface area (Å²) in [5, 5.41) is 0.109. The molecule has 0 bridgehead atoms. The highest BCUT2D eigenvalue weighted by molar-refractivity contribution is 6.22. The molecule has 4 atom stereocenters. The van der Waals surface area contributed by atoms with Crippen LogP contribution in [0.2, 0.25) is 0 Å². The molecule has 6 aliphatic rings. The summed E-state index contributed by atoms with van der Waals surface area (Å²) in [5.74, 6) is 1.66. The molecule has 0 N–H and O–H groups in total. The van der Waals surface area contributed by atoms with Crippen molar-refractivity contribution in [2.45, 2.75) is 64.2 Å². The summed E-state index contributed by atoms with van der Waals surface area (Å²) in [6, 6.07) is 0. The molecule has 0 saturated heterocycles. The van der Waals surface area contributed by atoms with Crippen molar-refractivity contribution >= 4 is 11.6 Å². The molecule has 6 aliphatic carbocycles. The van der Waals surface area contributed by atoms with Crippen molar-refractivity contribution in [3.63, 3.8) is 0 Å². The van der Waals surface area contributed by atoms with Crippen LogP contribution in [0.5, 0.6) is 0 Å². The van der Waals surface area contributed by atoms with E-state index >= 15 is 0 Å². The smallest absolute Gasteiger partial charge is 0.0559 e. The highest BCUT2D eigenvalue weighted by atomic mass is 35.5. The minimum absolute atomic E-state index is 0.109. The average molecular weight is 455 g/mol. The first kappa shape index (κ1) is 21.5. The Morgan fingerprint density at radius 3 is 2.55 bits per heavy atom. The number of hydrogen-bond acceptors (Lipinski definition) is 0. The highest BCUT2D eigenvalue weighted by Crippen LogP contribution is 2.55. The number of halogens is 1. The van der Waals surface area contributed by atoms with Crippen molar-refractivity contribution < 1.29 is 0 Å². The molecule has 0 aromatic heterocycles. The van der Waals surface area contributed by atoms with Gasteiger partial charge in [-0.05, 0) is 101 Å². The third-order valence-corrected chi connectivity index (χ3v) is 8.95. The van der Waals surface area contributed by atoms with Crippen molar-refractivity contribution in [2.24, 2.45) is 23.2 Å². The van der Waals surface area contributed by atoms with E-state index in [1.807, 2.05) is 0 Å². The molecular weight excluding hydrogens is 420 g/mol. The van der Waals surface area contributed by atoms with Crippen molar-refractivity contribution in [1.29, 1.82) is 0 Å². The lowest BCUT2D eigenvalue weighted by Crippen LogP contribution is -2.32. The minimum Gasteiger partial charge on any atom is -0.118 e. The molecule has 4 unspecified atom stereocenters. The second-order valence-electron chi connectivity index (χ2n) is 11.3. The van der Waals surface area contributed by atoms with E-state index < -0.39 is 0 Å². The minimum atomic E-state index is 0.109. The first-order valence-electron chi connectivity index (χ1n) is 12.9. The number of fused-ring (bicyclic) bond motifs is 3. The van der Waals surface area contributed by atoms with Gasteiger partial charge in [-0.15, -0.1) is 11.6 Å². The summed E-state index contributed by atoms with van der Waals surface area (Å²) in [4.78, 5) is 0. The predicted octanol–water partition coefficient (Wildman–Crippen LogP) is 8.88. The van der Waals surface area contributed by atoms with Crippen LogP contribution >= 0.6 is 11.6 Å². The zero-order valence-corrected chi connectivity index (χ0v) is 20.7. The maximum absolute atomic E-state index is 6.73. The molecule has 0 amide bonds. The molecule has 0 aliphatic heterocycles. The number of hydrogen-bond donors (Lipinski definition) is 0. The molecule has 1 heteroatoms. The summed E-state index contributed by atoms with van der Waals surface area (Å²) < 4.78 is 0. The third-order valence-electron chi connectivity index (χ3n) is 8.65. The molecule has 33 heavy (non-hydrogen) atoms. The predicted molar refractivity (Wildman–Crippen MR) is 141 cm³/mol. The van der Waals surface area contributed by atoms with Gasteiger partial charge in [-0.3, -0.25) is 0 Å². The fourth-order valence-electron chi connectivity index (χ4n) is 6.84. The maximum Gasteiger partial charge on any atom is 0.0559 e. The van der Waals surface area contributed by atoms with Gasteiger partial charge in [-0.2, -0.15) is 0 Å². The molecule has 0 heterocycles. The summed E-state index contributed by atoms with van der Waals surface area (Å²) in [5.41, 5.74) is 11.3. The van der Waals surface area contributed by atoms with Crippen LogP contribution in [0.1, 0.15) is 58.8 Å². The summed E-state index contributed by atoms with van der Waals surface area (Å²) in [6.07, 6.45) is 34.3. The third kappa shape index (κ3) is 3.85. The van der Waals surface area contributed by atoms with Gasteiger partial charge < -0.3 is 0 Å². The van der Waals surface area contributed by atoms with Gasteiger partial charge in [0.15, 0.2) is 0 Å². The largest absolute Gasteiger partial charge is 0.118 e. The normalized spacial score (nSPS) is 34.3. The standard InChI is InChI=1S/C32H35Cl/c1-32(2)16-14-22(15-17-32)28-20-31-29-18-23(33)12-13-26(29)27(21-8-4-3-5-9-21)19-30(31)25-11-7-6-10-24(25)28/h4,6-9,11-16,23-24,27-28H,3,5,10,17-20H2,1-2H3. The molecule has 170 valence electrons. The molecule has 0 aromatic rings. The van der Waals surface area contributed by atoms with E-state index in [1.54, 1.807) is 33.4 Å². The van der Waals surface area contributed by atoms with Crippen molar-refractivity contribution in [2.75, 3.05) is 0 Å². The average Bonchev–Trinajstić information content (AvgIpc) is 2.83. The second kappa shape index (κ2) is 8.31. The van der Waals surface area contributed by atoms with Crippen LogP contribution in [0.15, 0.2) is 106 Å². The Kier molecular flexibility index (Phi) is 5.41. The van der Waals surface area contributed by atoms with Crippen LogP contribution in [0, 0.1) is 23.2 Å². The van der Waals surface area contributed by atoms with Gasteiger partial charge in [-0.25, -0.2) is 0 Å². The van der Waals surface area contributed by atoms with E-state index in [-0.39, 0.29) is 10.8 Å². The van der Waals surface area contributed by atoms with Crippen LogP contribution < -0.4 is 0 Å². The second-order valence-corrected chi connectivity index (χ2v) is 11.9. The summed E-state index contributed by atoms with van der Waals surface area (Å²) in [7, 11) is 0. The molecule has 0 aromatic carbocycles.